The maximum atomic E-state index is 13.3. The van der Waals surface area contributed by atoms with Crippen LogP contribution in [0.3, 0.4) is 0 Å². The monoisotopic (exact) mass is 482 g/mol. The average Bonchev–Trinajstić information content (AvgIpc) is 3.24. The first-order valence-corrected chi connectivity index (χ1v) is 11.4. The summed E-state index contributed by atoms with van der Waals surface area (Å²) in [5.41, 5.74) is 5.26. The van der Waals surface area contributed by atoms with Crippen molar-refractivity contribution < 1.29 is 14.3 Å². The first-order valence-electron chi connectivity index (χ1n) is 11.4. The number of methoxy groups -OCH3 is 1. The first-order chi connectivity index (χ1) is 17.5. The van der Waals surface area contributed by atoms with Crippen molar-refractivity contribution >= 4 is 17.6 Å². The highest BCUT2D eigenvalue weighted by Crippen LogP contribution is 2.24. The number of amides is 1. The molecule has 0 spiro atoms. The molecule has 1 aromatic heterocycles. The maximum absolute atomic E-state index is 13.3. The van der Waals surface area contributed by atoms with E-state index < -0.39 is 17.4 Å². The number of carbonyl (C=O) groups excluding carboxylic acids is 2. The van der Waals surface area contributed by atoms with Crippen LogP contribution in [0.1, 0.15) is 35.2 Å². The predicted octanol–water partition coefficient (Wildman–Crippen LogP) is 3.55. The van der Waals surface area contributed by atoms with Gasteiger partial charge in [-0.2, -0.15) is 5.10 Å². The van der Waals surface area contributed by atoms with Crippen molar-refractivity contribution in [3.63, 3.8) is 0 Å². The Morgan fingerprint density at radius 1 is 0.917 bits per heavy atom. The summed E-state index contributed by atoms with van der Waals surface area (Å²) < 4.78 is 6.13. The van der Waals surface area contributed by atoms with Gasteiger partial charge in [0, 0.05) is 0 Å². The van der Waals surface area contributed by atoms with Gasteiger partial charge < -0.3 is 4.74 Å². The van der Waals surface area contributed by atoms with Crippen molar-refractivity contribution in [1.82, 2.24) is 15.2 Å². The topological polar surface area (TPSA) is 106 Å². The van der Waals surface area contributed by atoms with Crippen molar-refractivity contribution in [2.24, 2.45) is 5.10 Å². The highest BCUT2D eigenvalue weighted by atomic mass is 16.5. The summed E-state index contributed by atoms with van der Waals surface area (Å²) in [5, 5.41) is 7.24. The number of H-pyrrole nitrogens is 1. The zero-order valence-electron chi connectivity index (χ0n) is 20.0. The number of hydrazone groups is 1. The van der Waals surface area contributed by atoms with Gasteiger partial charge in [-0.05, 0) is 30.2 Å². The largest absolute Gasteiger partial charge is 0.469 e. The number of esters is 1. The average molecular weight is 483 g/mol. The second-order valence-corrected chi connectivity index (χ2v) is 8.12. The lowest BCUT2D eigenvalue weighted by Crippen LogP contribution is -2.28. The van der Waals surface area contributed by atoms with Crippen LogP contribution in [0, 0.1) is 0 Å². The number of hydrogen-bond acceptors (Lipinski definition) is 5. The Kier molecular flexibility index (Phi) is 7.55. The Morgan fingerprint density at radius 3 is 1.97 bits per heavy atom. The molecule has 0 bridgehead atoms. The van der Waals surface area contributed by atoms with Gasteiger partial charge in [-0.15, -0.1) is 0 Å². The molecule has 36 heavy (non-hydrogen) atoms. The Balaban J connectivity index is 1.69. The number of nitrogens with one attached hydrogen (secondary N) is 2. The number of ether oxygens (including phenoxy) is 1. The third-order valence-corrected chi connectivity index (χ3v) is 5.75. The molecule has 0 fully saturated rings. The molecule has 0 aliphatic rings. The molecule has 0 atom stereocenters. The number of nitrogens with zero attached hydrogens (tertiary/aromatic N) is 2. The second-order valence-electron chi connectivity index (χ2n) is 8.12. The van der Waals surface area contributed by atoms with Crippen LogP contribution in [0.15, 0.2) is 101 Å². The fraction of sp³-hybridized carbons (Fsp3) is 0.143. The molecule has 182 valence electrons. The molecule has 1 amide bonds. The molecule has 0 saturated heterocycles. The van der Waals surface area contributed by atoms with Gasteiger partial charge in [0.05, 0.1) is 42.1 Å². The molecule has 4 aromatic rings. The molecule has 0 aliphatic carbocycles. The fourth-order valence-corrected chi connectivity index (χ4v) is 4.00. The summed E-state index contributed by atoms with van der Waals surface area (Å²) in [6, 6.07) is 27.8. The summed E-state index contributed by atoms with van der Waals surface area (Å²) in [7, 11) is 1.28. The smallest absolute Gasteiger partial charge is 0.311 e. The van der Waals surface area contributed by atoms with Crippen LogP contribution in [0.5, 0.6) is 0 Å². The molecule has 3 aromatic carbocycles. The number of para-hydroxylation sites is 1. The van der Waals surface area contributed by atoms with Gasteiger partial charge in [-0.25, -0.2) is 10.1 Å². The molecule has 4 rings (SSSR count). The number of hydrogen-bond donors (Lipinski definition) is 2. The van der Waals surface area contributed by atoms with Gasteiger partial charge in [-0.1, -0.05) is 78.9 Å². The molecular formula is C28H26N4O4. The normalized spacial score (nSPS) is 11.4. The zero-order valence-corrected chi connectivity index (χ0v) is 20.0. The van der Waals surface area contributed by atoms with Crippen molar-refractivity contribution in [3.8, 4) is 5.69 Å². The quantitative estimate of drug-likeness (QED) is 0.228. The number of carbonyl (C=O) groups is 2. The van der Waals surface area contributed by atoms with Gasteiger partial charge in [0.2, 0.25) is 0 Å². The summed E-state index contributed by atoms with van der Waals surface area (Å²) in [6.07, 6.45) is -0.154. The van der Waals surface area contributed by atoms with Gasteiger partial charge in [-0.3, -0.25) is 19.5 Å². The third kappa shape index (κ3) is 5.33. The van der Waals surface area contributed by atoms with E-state index in [4.69, 9.17) is 4.74 Å². The van der Waals surface area contributed by atoms with Gasteiger partial charge in [0.1, 0.15) is 0 Å². The second kappa shape index (κ2) is 11.1. The van der Waals surface area contributed by atoms with Gasteiger partial charge in [0.15, 0.2) is 0 Å². The summed E-state index contributed by atoms with van der Waals surface area (Å²) in [5.74, 6) is -1.45. The number of rotatable bonds is 8. The standard InChI is InChI=1S/C28H26N4O4/c1-19(25-23(18-24(33)36-2)31-32(28(25)35)22-16-10-5-11-17-22)29-30-27(34)26(20-12-6-3-7-13-20)21-14-8-4-9-15-21/h3-17,26,31H,18H2,1-2H3,(H,30,34). The minimum Gasteiger partial charge on any atom is -0.469 e. The van der Waals surface area contributed by atoms with E-state index in [0.717, 1.165) is 11.1 Å². The van der Waals surface area contributed by atoms with E-state index in [1.54, 1.807) is 31.2 Å². The lowest BCUT2D eigenvalue weighted by molar-refractivity contribution is -0.139. The number of aromatic amines is 1. The van der Waals surface area contributed by atoms with Gasteiger partial charge in [0.25, 0.3) is 11.5 Å². The molecule has 0 aliphatic heterocycles. The molecule has 0 radical (unpaired) electrons. The van der Waals surface area contributed by atoms with E-state index in [9.17, 15) is 14.4 Å². The molecule has 0 saturated carbocycles. The Bertz CT molecular complexity index is 1390. The van der Waals surface area contributed by atoms with Gasteiger partial charge >= 0.3 is 5.97 Å². The fourth-order valence-electron chi connectivity index (χ4n) is 4.00. The Labute approximate surface area is 208 Å². The van der Waals surface area contributed by atoms with Crippen molar-refractivity contribution in [1.29, 1.82) is 0 Å². The van der Waals surface area contributed by atoms with Crippen LogP contribution < -0.4 is 11.0 Å². The number of aromatic nitrogens is 2. The first kappa shape index (κ1) is 24.4. The van der Waals surface area contributed by atoms with Crippen LogP contribution in [-0.4, -0.2) is 34.5 Å². The Hall–Kier alpha value is -4.72. The predicted molar refractivity (Wildman–Crippen MR) is 137 cm³/mol. The molecular weight excluding hydrogens is 456 g/mol. The molecule has 8 heteroatoms. The summed E-state index contributed by atoms with van der Waals surface area (Å²) in [6.45, 7) is 1.61. The minimum atomic E-state index is -0.592. The van der Waals surface area contributed by atoms with Crippen molar-refractivity contribution in [2.45, 2.75) is 19.3 Å². The number of benzene rings is 3. The highest BCUT2D eigenvalue weighted by Gasteiger charge is 2.24. The lowest BCUT2D eigenvalue weighted by Gasteiger charge is -2.16. The molecule has 2 N–H and O–H groups in total. The van der Waals surface area contributed by atoms with Crippen molar-refractivity contribution in [2.75, 3.05) is 7.11 Å². The SMILES string of the molecule is COC(=O)Cc1[nH]n(-c2ccccc2)c(=O)c1C(C)=NNC(=O)C(c1ccccc1)c1ccccc1. The Morgan fingerprint density at radius 2 is 1.44 bits per heavy atom. The van der Waals surface area contributed by atoms with E-state index >= 15 is 0 Å². The summed E-state index contributed by atoms with van der Waals surface area (Å²) >= 11 is 0. The minimum absolute atomic E-state index is 0.154. The molecule has 1 heterocycles. The van der Waals surface area contributed by atoms with Crippen LogP contribution >= 0.6 is 0 Å². The third-order valence-electron chi connectivity index (χ3n) is 5.75. The van der Waals surface area contributed by atoms with Crippen molar-refractivity contribution in [3.05, 3.63) is 124 Å². The van der Waals surface area contributed by atoms with E-state index in [1.165, 1.54) is 11.8 Å². The maximum Gasteiger partial charge on any atom is 0.311 e. The van der Waals surface area contributed by atoms with Crippen LogP contribution in [0.2, 0.25) is 0 Å². The summed E-state index contributed by atoms with van der Waals surface area (Å²) in [4.78, 5) is 38.6. The van der Waals surface area contributed by atoms with E-state index in [0.29, 0.717) is 11.4 Å². The molecule has 8 nitrogen and oxygen atoms in total. The van der Waals surface area contributed by atoms with Crippen LogP contribution in [0.4, 0.5) is 0 Å². The van der Waals surface area contributed by atoms with Crippen LogP contribution in [-0.2, 0) is 20.7 Å². The lowest BCUT2D eigenvalue weighted by atomic mass is 9.91. The van der Waals surface area contributed by atoms with E-state index in [-0.39, 0.29) is 23.6 Å². The van der Waals surface area contributed by atoms with E-state index in [2.05, 4.69) is 15.6 Å². The highest BCUT2D eigenvalue weighted by molar-refractivity contribution is 6.01. The van der Waals surface area contributed by atoms with E-state index in [1.807, 2.05) is 66.7 Å². The van der Waals surface area contributed by atoms with Crippen LogP contribution in [0.25, 0.3) is 5.69 Å². The zero-order chi connectivity index (χ0) is 25.5. The molecule has 0 unspecified atom stereocenters.